The smallest absolute Gasteiger partial charge is 0.406 e. The Kier molecular flexibility index (Phi) is 4.74. The van der Waals surface area contributed by atoms with Gasteiger partial charge in [0.05, 0.1) is 0 Å². The molecule has 0 atom stereocenters. The number of hydrogen-bond acceptors (Lipinski definition) is 3. The van der Waals surface area contributed by atoms with Crippen LogP contribution < -0.4 is 15.9 Å². The molecule has 0 radical (unpaired) electrons. The van der Waals surface area contributed by atoms with E-state index in [4.69, 9.17) is 18.1 Å². The molecular formula is C10H12F3N3OS. The Hall–Kier alpha value is -1.54. The number of nitrogens with zero attached hydrogens (tertiary/aromatic N) is 1. The van der Waals surface area contributed by atoms with Gasteiger partial charge in [0.25, 0.3) is 0 Å². The van der Waals surface area contributed by atoms with Crippen LogP contribution in [0.15, 0.2) is 24.3 Å². The van der Waals surface area contributed by atoms with Crippen molar-refractivity contribution in [3.63, 3.8) is 0 Å². The van der Waals surface area contributed by atoms with Crippen molar-refractivity contribution in [2.24, 2.45) is 5.84 Å². The van der Waals surface area contributed by atoms with Crippen LogP contribution in [0.1, 0.15) is 6.92 Å². The Morgan fingerprint density at radius 2 is 1.94 bits per heavy atom. The average Bonchev–Trinajstić information content (AvgIpc) is 2.28. The summed E-state index contributed by atoms with van der Waals surface area (Å²) in [5.74, 6) is 5.24. The molecule has 1 rings (SSSR count). The predicted octanol–water partition coefficient (Wildman–Crippen LogP) is 2.48. The van der Waals surface area contributed by atoms with E-state index in [-0.39, 0.29) is 10.9 Å². The Balaban J connectivity index is 2.63. The number of ether oxygens (including phenoxy) is 1. The summed E-state index contributed by atoms with van der Waals surface area (Å²) in [6.07, 6.45) is -4.69. The number of hydrogen-bond donors (Lipinski definition) is 2. The largest absolute Gasteiger partial charge is 0.573 e. The number of nitrogens with one attached hydrogen (secondary N) is 1. The second-order valence-electron chi connectivity index (χ2n) is 3.29. The molecule has 0 saturated heterocycles. The van der Waals surface area contributed by atoms with Gasteiger partial charge in [-0.15, -0.1) is 13.2 Å². The zero-order valence-corrected chi connectivity index (χ0v) is 10.3. The standard InChI is InChI=1S/C10H12F3N3OS/c1-2-16(14)9(18)15-7-3-5-8(6-4-7)17-10(11,12)13/h3-6H,2,14H2,1H3,(H,15,18). The second kappa shape index (κ2) is 5.87. The fraction of sp³-hybridized carbons (Fsp3) is 0.300. The van der Waals surface area contributed by atoms with Gasteiger partial charge in [-0.3, -0.25) is 5.01 Å². The van der Waals surface area contributed by atoms with Crippen LogP contribution in [0, 0.1) is 0 Å². The molecule has 0 fully saturated rings. The minimum absolute atomic E-state index is 0.280. The molecule has 18 heavy (non-hydrogen) atoms. The van der Waals surface area contributed by atoms with E-state index in [1.54, 1.807) is 0 Å². The first-order valence-corrected chi connectivity index (χ1v) is 5.41. The molecule has 1 aromatic carbocycles. The van der Waals surface area contributed by atoms with E-state index in [0.717, 1.165) is 0 Å². The average molecular weight is 279 g/mol. The highest BCUT2D eigenvalue weighted by Crippen LogP contribution is 2.23. The lowest BCUT2D eigenvalue weighted by atomic mass is 10.3. The van der Waals surface area contributed by atoms with Gasteiger partial charge in [-0.1, -0.05) is 0 Å². The molecule has 0 unspecified atom stereocenters. The van der Waals surface area contributed by atoms with Gasteiger partial charge >= 0.3 is 6.36 Å². The molecule has 8 heteroatoms. The summed E-state index contributed by atoms with van der Waals surface area (Å²) in [5.41, 5.74) is 0.526. The normalized spacial score (nSPS) is 10.9. The summed E-state index contributed by atoms with van der Waals surface area (Å²) in [5, 5.41) is 4.36. The van der Waals surface area contributed by atoms with Crippen molar-refractivity contribution < 1.29 is 17.9 Å². The molecule has 0 bridgehead atoms. The zero-order chi connectivity index (χ0) is 13.8. The number of benzene rings is 1. The molecule has 0 amide bonds. The topological polar surface area (TPSA) is 50.5 Å². The Bertz CT molecular complexity index is 408. The van der Waals surface area contributed by atoms with Gasteiger partial charge in [0.2, 0.25) is 0 Å². The van der Waals surface area contributed by atoms with Gasteiger partial charge < -0.3 is 10.1 Å². The number of rotatable bonds is 3. The molecule has 0 aromatic heterocycles. The van der Waals surface area contributed by atoms with Crippen LogP contribution in [0.5, 0.6) is 5.75 Å². The van der Waals surface area contributed by atoms with Gasteiger partial charge in [0.15, 0.2) is 5.11 Å². The summed E-state index contributed by atoms with van der Waals surface area (Å²) in [6, 6.07) is 5.20. The Labute approximate surface area is 107 Å². The van der Waals surface area contributed by atoms with E-state index in [0.29, 0.717) is 12.2 Å². The third-order valence-corrected chi connectivity index (χ3v) is 2.28. The lowest BCUT2D eigenvalue weighted by Crippen LogP contribution is -2.40. The summed E-state index contributed by atoms with van der Waals surface area (Å²) < 4.78 is 39.5. The molecule has 1 aromatic rings. The van der Waals surface area contributed by atoms with Crippen LogP contribution in [0.4, 0.5) is 18.9 Å². The third-order valence-electron chi connectivity index (χ3n) is 1.94. The minimum atomic E-state index is -4.69. The highest BCUT2D eigenvalue weighted by Gasteiger charge is 2.30. The van der Waals surface area contributed by atoms with Crippen LogP contribution in [0.25, 0.3) is 0 Å². The molecule has 0 spiro atoms. The van der Waals surface area contributed by atoms with Crippen LogP contribution in [-0.4, -0.2) is 23.0 Å². The molecule has 3 N–H and O–H groups in total. The number of alkyl halides is 3. The predicted molar refractivity (Wildman–Crippen MR) is 65.9 cm³/mol. The molecule has 4 nitrogen and oxygen atoms in total. The maximum absolute atomic E-state index is 11.9. The number of hydrazine groups is 1. The maximum atomic E-state index is 11.9. The van der Waals surface area contributed by atoms with Crippen molar-refractivity contribution >= 4 is 23.0 Å². The SMILES string of the molecule is CCN(N)C(=S)Nc1ccc(OC(F)(F)F)cc1. The molecule has 0 aliphatic rings. The van der Waals surface area contributed by atoms with Gasteiger partial charge in [-0.05, 0) is 43.4 Å². The van der Waals surface area contributed by atoms with Crippen LogP contribution >= 0.6 is 12.2 Å². The quantitative estimate of drug-likeness (QED) is 0.506. The van der Waals surface area contributed by atoms with Crippen molar-refractivity contribution in [1.82, 2.24) is 5.01 Å². The zero-order valence-electron chi connectivity index (χ0n) is 9.49. The number of thiocarbonyl (C=S) groups is 1. The summed E-state index contributed by atoms with van der Waals surface area (Å²) in [7, 11) is 0. The Morgan fingerprint density at radius 3 is 2.39 bits per heavy atom. The van der Waals surface area contributed by atoms with Crippen LogP contribution in [-0.2, 0) is 0 Å². The number of nitrogens with two attached hydrogens (primary N) is 1. The van der Waals surface area contributed by atoms with Gasteiger partial charge in [0.1, 0.15) is 5.75 Å². The third kappa shape index (κ3) is 4.76. The molecule has 100 valence electrons. The number of halogens is 3. The van der Waals surface area contributed by atoms with Crippen LogP contribution in [0.2, 0.25) is 0 Å². The van der Waals surface area contributed by atoms with Gasteiger partial charge in [-0.25, -0.2) is 5.84 Å². The number of anilines is 1. The first kappa shape index (κ1) is 14.5. The molecule has 0 aliphatic heterocycles. The van der Waals surface area contributed by atoms with Crippen molar-refractivity contribution in [3.8, 4) is 5.75 Å². The summed E-state index contributed by atoms with van der Waals surface area (Å²) in [4.78, 5) is 0. The van der Waals surface area contributed by atoms with Crippen molar-refractivity contribution in [2.75, 3.05) is 11.9 Å². The maximum Gasteiger partial charge on any atom is 0.573 e. The van der Waals surface area contributed by atoms with E-state index in [2.05, 4.69) is 10.1 Å². The monoisotopic (exact) mass is 279 g/mol. The lowest BCUT2D eigenvalue weighted by Gasteiger charge is -2.18. The summed E-state index contributed by atoms with van der Waals surface area (Å²) >= 11 is 4.96. The van der Waals surface area contributed by atoms with Gasteiger partial charge in [0, 0.05) is 12.2 Å². The lowest BCUT2D eigenvalue weighted by molar-refractivity contribution is -0.274. The van der Waals surface area contributed by atoms with E-state index >= 15 is 0 Å². The van der Waals surface area contributed by atoms with E-state index in [1.165, 1.54) is 29.3 Å². The van der Waals surface area contributed by atoms with Gasteiger partial charge in [-0.2, -0.15) is 0 Å². The van der Waals surface area contributed by atoms with E-state index in [9.17, 15) is 13.2 Å². The highest BCUT2D eigenvalue weighted by atomic mass is 32.1. The Morgan fingerprint density at radius 1 is 1.39 bits per heavy atom. The fourth-order valence-corrected chi connectivity index (χ4v) is 1.33. The van der Waals surface area contributed by atoms with Crippen LogP contribution in [0.3, 0.4) is 0 Å². The fourth-order valence-electron chi connectivity index (χ4n) is 1.08. The van der Waals surface area contributed by atoms with Crippen molar-refractivity contribution in [3.05, 3.63) is 24.3 Å². The van der Waals surface area contributed by atoms with Crippen molar-refractivity contribution in [1.29, 1.82) is 0 Å². The molecule has 0 aliphatic carbocycles. The van der Waals surface area contributed by atoms with E-state index < -0.39 is 6.36 Å². The second-order valence-corrected chi connectivity index (χ2v) is 3.68. The molecular weight excluding hydrogens is 267 g/mol. The first-order chi connectivity index (χ1) is 8.31. The first-order valence-electron chi connectivity index (χ1n) is 5.01. The minimum Gasteiger partial charge on any atom is -0.406 e. The molecule has 0 heterocycles. The van der Waals surface area contributed by atoms with E-state index in [1.807, 2.05) is 6.92 Å². The summed E-state index contributed by atoms with van der Waals surface area (Å²) in [6.45, 7) is 2.33. The molecule has 0 saturated carbocycles. The van der Waals surface area contributed by atoms with Crippen molar-refractivity contribution in [2.45, 2.75) is 13.3 Å². The highest BCUT2D eigenvalue weighted by molar-refractivity contribution is 7.80.